The van der Waals surface area contributed by atoms with Gasteiger partial charge >= 0.3 is 0 Å². The van der Waals surface area contributed by atoms with E-state index in [-0.39, 0.29) is 11.9 Å². The summed E-state index contributed by atoms with van der Waals surface area (Å²) in [6.07, 6.45) is 2.09. The Labute approximate surface area is 120 Å². The lowest BCUT2D eigenvalue weighted by atomic mass is 10.1. The Kier molecular flexibility index (Phi) is 5.46. The number of piperazine rings is 1. The Hall–Kier alpha value is -1.04. The number of rotatable bonds is 5. The van der Waals surface area contributed by atoms with Crippen molar-refractivity contribution in [1.82, 2.24) is 14.8 Å². The molecule has 2 unspecified atom stereocenters. The maximum atomic E-state index is 12.8. The standard InChI is InChI=1S/C15H25FN4/c1-3-20-9-8-19(11-12(20)2)7-6-14(17)15-5-4-13(16)10-18-15/h4-5,10,12,14H,3,6-9,11,17H2,1-2H3. The first-order valence-electron chi connectivity index (χ1n) is 7.43. The van der Waals surface area contributed by atoms with E-state index in [1.807, 2.05) is 0 Å². The van der Waals surface area contributed by atoms with Gasteiger partial charge in [0.25, 0.3) is 0 Å². The normalized spacial score (nSPS) is 22.9. The van der Waals surface area contributed by atoms with Crippen LogP contribution in [-0.2, 0) is 0 Å². The van der Waals surface area contributed by atoms with Crippen molar-refractivity contribution in [3.8, 4) is 0 Å². The lowest BCUT2D eigenvalue weighted by Gasteiger charge is -2.39. The van der Waals surface area contributed by atoms with Gasteiger partial charge in [-0.05, 0) is 32.0 Å². The monoisotopic (exact) mass is 280 g/mol. The fourth-order valence-electron chi connectivity index (χ4n) is 2.82. The smallest absolute Gasteiger partial charge is 0.141 e. The van der Waals surface area contributed by atoms with Gasteiger partial charge in [0.2, 0.25) is 0 Å². The average molecular weight is 280 g/mol. The molecule has 0 aromatic carbocycles. The van der Waals surface area contributed by atoms with Crippen LogP contribution >= 0.6 is 0 Å². The molecular formula is C15H25FN4. The highest BCUT2D eigenvalue weighted by atomic mass is 19.1. The number of hydrogen-bond donors (Lipinski definition) is 1. The van der Waals surface area contributed by atoms with Crippen LogP contribution in [0.4, 0.5) is 4.39 Å². The molecule has 0 saturated carbocycles. The summed E-state index contributed by atoms with van der Waals surface area (Å²) in [7, 11) is 0. The molecule has 1 fully saturated rings. The fraction of sp³-hybridized carbons (Fsp3) is 0.667. The Morgan fingerprint density at radius 3 is 2.85 bits per heavy atom. The summed E-state index contributed by atoms with van der Waals surface area (Å²) < 4.78 is 12.8. The fourth-order valence-corrected chi connectivity index (χ4v) is 2.82. The molecule has 0 radical (unpaired) electrons. The lowest BCUT2D eigenvalue weighted by molar-refractivity contribution is 0.0860. The SMILES string of the molecule is CCN1CCN(CCC(N)c2ccc(F)cn2)CC1C. The van der Waals surface area contributed by atoms with Crippen molar-refractivity contribution in [2.24, 2.45) is 5.73 Å². The van der Waals surface area contributed by atoms with Crippen LogP contribution in [0.15, 0.2) is 18.3 Å². The van der Waals surface area contributed by atoms with Gasteiger partial charge in [-0.2, -0.15) is 0 Å². The number of pyridine rings is 1. The zero-order valence-corrected chi connectivity index (χ0v) is 12.4. The van der Waals surface area contributed by atoms with Gasteiger partial charge in [-0.15, -0.1) is 0 Å². The van der Waals surface area contributed by atoms with Crippen LogP contribution in [0.5, 0.6) is 0 Å². The molecule has 2 rings (SSSR count). The molecule has 1 aliphatic rings. The van der Waals surface area contributed by atoms with Gasteiger partial charge in [-0.3, -0.25) is 9.88 Å². The van der Waals surface area contributed by atoms with Crippen LogP contribution in [0, 0.1) is 5.82 Å². The number of nitrogens with zero attached hydrogens (tertiary/aromatic N) is 3. The number of likely N-dealkylation sites (N-methyl/N-ethyl adjacent to an activating group) is 1. The third-order valence-corrected chi connectivity index (χ3v) is 4.14. The summed E-state index contributed by atoms with van der Waals surface area (Å²) in [4.78, 5) is 9.01. The highest BCUT2D eigenvalue weighted by molar-refractivity contribution is 5.09. The summed E-state index contributed by atoms with van der Waals surface area (Å²) in [5.41, 5.74) is 6.90. The summed E-state index contributed by atoms with van der Waals surface area (Å²) in [5.74, 6) is -0.314. The Morgan fingerprint density at radius 2 is 2.25 bits per heavy atom. The molecule has 20 heavy (non-hydrogen) atoms. The first-order valence-corrected chi connectivity index (χ1v) is 7.43. The molecule has 1 saturated heterocycles. The number of hydrogen-bond acceptors (Lipinski definition) is 4. The minimum absolute atomic E-state index is 0.116. The summed E-state index contributed by atoms with van der Waals surface area (Å²) in [5, 5.41) is 0. The minimum atomic E-state index is -0.314. The largest absolute Gasteiger partial charge is 0.323 e. The lowest BCUT2D eigenvalue weighted by Crippen LogP contribution is -2.51. The average Bonchev–Trinajstić information content (AvgIpc) is 2.45. The van der Waals surface area contributed by atoms with Crippen molar-refractivity contribution < 1.29 is 4.39 Å². The van der Waals surface area contributed by atoms with Gasteiger partial charge in [-0.1, -0.05) is 6.92 Å². The van der Waals surface area contributed by atoms with Crippen LogP contribution in [-0.4, -0.2) is 53.5 Å². The number of halogens is 1. The molecule has 5 heteroatoms. The summed E-state index contributed by atoms with van der Waals surface area (Å²) in [6.45, 7) is 9.90. The molecule has 0 aliphatic carbocycles. The highest BCUT2D eigenvalue weighted by Crippen LogP contribution is 2.15. The second-order valence-electron chi connectivity index (χ2n) is 5.57. The van der Waals surface area contributed by atoms with Gasteiger partial charge in [0.05, 0.1) is 11.9 Å². The maximum Gasteiger partial charge on any atom is 0.141 e. The topological polar surface area (TPSA) is 45.4 Å². The van der Waals surface area contributed by atoms with Crippen molar-refractivity contribution in [2.45, 2.75) is 32.4 Å². The molecule has 4 nitrogen and oxygen atoms in total. The summed E-state index contributed by atoms with van der Waals surface area (Å²) in [6, 6.07) is 3.59. The molecule has 1 aromatic heterocycles. The van der Waals surface area contributed by atoms with Crippen LogP contribution in [0.1, 0.15) is 32.0 Å². The molecule has 0 bridgehead atoms. The molecule has 2 heterocycles. The van der Waals surface area contributed by atoms with Crippen molar-refractivity contribution in [1.29, 1.82) is 0 Å². The molecule has 0 spiro atoms. The molecular weight excluding hydrogens is 255 g/mol. The highest BCUT2D eigenvalue weighted by Gasteiger charge is 2.22. The number of nitrogens with two attached hydrogens (primary N) is 1. The van der Waals surface area contributed by atoms with Gasteiger partial charge in [0.15, 0.2) is 0 Å². The maximum absolute atomic E-state index is 12.8. The zero-order chi connectivity index (χ0) is 14.5. The van der Waals surface area contributed by atoms with Crippen molar-refractivity contribution in [2.75, 3.05) is 32.7 Å². The van der Waals surface area contributed by atoms with Crippen LogP contribution in [0.2, 0.25) is 0 Å². The Balaban J connectivity index is 1.79. The molecule has 2 N–H and O–H groups in total. The predicted molar refractivity (Wildman–Crippen MR) is 78.9 cm³/mol. The van der Waals surface area contributed by atoms with E-state index in [1.165, 1.54) is 12.3 Å². The Morgan fingerprint density at radius 1 is 1.45 bits per heavy atom. The first kappa shape index (κ1) is 15.4. The van der Waals surface area contributed by atoms with Crippen LogP contribution in [0.25, 0.3) is 0 Å². The van der Waals surface area contributed by atoms with E-state index >= 15 is 0 Å². The van der Waals surface area contributed by atoms with E-state index in [0.717, 1.165) is 44.8 Å². The van der Waals surface area contributed by atoms with Crippen molar-refractivity contribution in [3.63, 3.8) is 0 Å². The van der Waals surface area contributed by atoms with Gasteiger partial charge < -0.3 is 10.6 Å². The van der Waals surface area contributed by atoms with Crippen molar-refractivity contribution in [3.05, 3.63) is 29.8 Å². The molecule has 0 amide bonds. The molecule has 1 aromatic rings. The van der Waals surface area contributed by atoms with E-state index in [4.69, 9.17) is 5.73 Å². The van der Waals surface area contributed by atoms with Gasteiger partial charge in [-0.25, -0.2) is 4.39 Å². The van der Waals surface area contributed by atoms with Crippen molar-refractivity contribution >= 4 is 0 Å². The third kappa shape index (κ3) is 3.98. The second-order valence-corrected chi connectivity index (χ2v) is 5.57. The number of aromatic nitrogens is 1. The third-order valence-electron chi connectivity index (χ3n) is 4.14. The van der Waals surface area contributed by atoms with E-state index in [1.54, 1.807) is 6.07 Å². The Bertz CT molecular complexity index is 409. The van der Waals surface area contributed by atoms with E-state index < -0.39 is 0 Å². The quantitative estimate of drug-likeness (QED) is 0.890. The van der Waals surface area contributed by atoms with E-state index in [0.29, 0.717) is 6.04 Å². The minimum Gasteiger partial charge on any atom is -0.323 e. The van der Waals surface area contributed by atoms with E-state index in [9.17, 15) is 4.39 Å². The van der Waals surface area contributed by atoms with Gasteiger partial charge in [0.1, 0.15) is 5.82 Å². The predicted octanol–water partition coefficient (Wildman–Crippen LogP) is 1.64. The molecule has 2 atom stereocenters. The van der Waals surface area contributed by atoms with E-state index in [2.05, 4.69) is 28.6 Å². The molecule has 112 valence electrons. The van der Waals surface area contributed by atoms with Crippen LogP contribution < -0.4 is 5.73 Å². The second kappa shape index (κ2) is 7.11. The molecule has 1 aliphatic heterocycles. The first-order chi connectivity index (χ1) is 9.60. The summed E-state index contributed by atoms with van der Waals surface area (Å²) >= 11 is 0. The van der Waals surface area contributed by atoms with Crippen LogP contribution in [0.3, 0.4) is 0 Å². The zero-order valence-electron chi connectivity index (χ0n) is 12.4. The van der Waals surface area contributed by atoms with Gasteiger partial charge in [0, 0.05) is 38.3 Å².